The highest BCUT2D eigenvalue weighted by Gasteiger charge is 1.99. The fourth-order valence-corrected chi connectivity index (χ4v) is 3.13. The van der Waals surface area contributed by atoms with Crippen molar-refractivity contribution < 1.29 is 34.3 Å². The van der Waals surface area contributed by atoms with Crippen molar-refractivity contribution >= 4 is 64.9 Å². The number of hydrogen-bond donors (Lipinski definition) is 2. The second kappa shape index (κ2) is 13.7. The minimum atomic E-state index is -4.16. The number of benzene rings is 4. The molecule has 6 aromatic rings. The highest BCUT2D eigenvalue weighted by Crippen LogP contribution is 2.15. The van der Waals surface area contributed by atoms with Crippen LogP contribution in [0.2, 0.25) is 0 Å². The predicted molar refractivity (Wildman–Crippen MR) is 151 cm³/mol. The van der Waals surface area contributed by atoms with Gasteiger partial charge in [0.25, 0.3) is 0 Å². The average molecular weight is 585 g/mol. The Morgan fingerprint density at radius 1 is 0.425 bits per heavy atom. The van der Waals surface area contributed by atoms with Gasteiger partial charge in [0.05, 0.1) is 58.4 Å². The van der Waals surface area contributed by atoms with E-state index in [-0.39, 0.29) is 0 Å². The standard InChI is InChI=1S/2C12H8N2.2CH4O4S/c2*1-2-6-10-9(5-1)13-11-7-3-4-8-12(11)14-10;2*1-5-6(2,3)4/h2*1-8H;2*1H3,(H,2,3,4). The highest BCUT2D eigenvalue weighted by atomic mass is 32.3. The molecule has 0 aliphatic rings. The van der Waals surface area contributed by atoms with E-state index in [1.165, 1.54) is 0 Å². The molecule has 0 fully saturated rings. The van der Waals surface area contributed by atoms with Gasteiger partial charge in [0.15, 0.2) is 0 Å². The Labute approximate surface area is 230 Å². The van der Waals surface area contributed by atoms with Gasteiger partial charge in [0.2, 0.25) is 0 Å². The van der Waals surface area contributed by atoms with Crippen LogP contribution in [0.1, 0.15) is 0 Å². The maximum atomic E-state index is 9.33. The zero-order chi connectivity index (χ0) is 29.2. The van der Waals surface area contributed by atoms with Gasteiger partial charge in [-0.05, 0) is 48.5 Å². The van der Waals surface area contributed by atoms with Crippen LogP contribution in [0, 0.1) is 0 Å². The van der Waals surface area contributed by atoms with Crippen molar-refractivity contribution in [3.63, 3.8) is 0 Å². The van der Waals surface area contributed by atoms with Gasteiger partial charge in [0.1, 0.15) is 0 Å². The van der Waals surface area contributed by atoms with Crippen LogP contribution >= 0.6 is 0 Å². The van der Waals surface area contributed by atoms with Gasteiger partial charge < -0.3 is 0 Å². The fraction of sp³-hybridized carbons (Fsp3) is 0.0769. The van der Waals surface area contributed by atoms with Crippen molar-refractivity contribution in [3.05, 3.63) is 97.1 Å². The molecule has 0 radical (unpaired) electrons. The zero-order valence-corrected chi connectivity index (χ0v) is 22.8. The largest absolute Gasteiger partial charge is 0.397 e. The molecule has 4 aromatic carbocycles. The quantitative estimate of drug-likeness (QED) is 0.216. The fourth-order valence-electron chi connectivity index (χ4n) is 3.13. The summed E-state index contributed by atoms with van der Waals surface area (Å²) in [7, 11) is -6.58. The molecule has 0 saturated carbocycles. The first-order valence-electron chi connectivity index (χ1n) is 11.3. The molecule has 2 aromatic heterocycles. The van der Waals surface area contributed by atoms with E-state index >= 15 is 0 Å². The summed E-state index contributed by atoms with van der Waals surface area (Å²) in [6.07, 6.45) is 0. The molecule has 12 nitrogen and oxygen atoms in total. The van der Waals surface area contributed by atoms with Crippen LogP contribution in [0.25, 0.3) is 44.1 Å². The minimum Gasteiger partial charge on any atom is -0.264 e. The molecule has 2 N–H and O–H groups in total. The van der Waals surface area contributed by atoms with E-state index in [2.05, 4.69) is 28.3 Å². The molecular formula is C26H24N4O8S2. The van der Waals surface area contributed by atoms with Crippen LogP contribution in [0.3, 0.4) is 0 Å². The van der Waals surface area contributed by atoms with E-state index in [4.69, 9.17) is 9.11 Å². The molecule has 0 atom stereocenters. The van der Waals surface area contributed by atoms with Gasteiger partial charge in [-0.1, -0.05) is 48.5 Å². The third-order valence-corrected chi connectivity index (χ3v) is 5.75. The first-order valence-corrected chi connectivity index (χ1v) is 14.0. The van der Waals surface area contributed by atoms with Crippen LogP contribution in [-0.4, -0.2) is 60.1 Å². The van der Waals surface area contributed by atoms with Gasteiger partial charge in [-0.15, -0.1) is 0 Å². The third kappa shape index (κ3) is 9.53. The Morgan fingerprint density at radius 3 is 0.650 bits per heavy atom. The van der Waals surface area contributed by atoms with E-state index in [0.717, 1.165) is 58.4 Å². The summed E-state index contributed by atoms with van der Waals surface area (Å²) >= 11 is 0. The lowest BCUT2D eigenvalue weighted by molar-refractivity contribution is 0.323. The Balaban J connectivity index is 0.000000160. The number of nitrogens with zero attached hydrogens (tertiary/aromatic N) is 4. The van der Waals surface area contributed by atoms with Crippen molar-refractivity contribution in [1.29, 1.82) is 0 Å². The van der Waals surface area contributed by atoms with Crippen LogP contribution < -0.4 is 0 Å². The first-order chi connectivity index (χ1) is 19.0. The summed E-state index contributed by atoms with van der Waals surface area (Å²) in [4.78, 5) is 18.1. The van der Waals surface area contributed by atoms with E-state index in [0.29, 0.717) is 0 Å². The Hall–Kier alpha value is -4.18. The normalized spacial score (nSPS) is 11.1. The number of rotatable bonds is 2. The average Bonchev–Trinajstić information content (AvgIpc) is 2.95. The van der Waals surface area contributed by atoms with E-state index < -0.39 is 20.8 Å². The van der Waals surface area contributed by atoms with E-state index in [9.17, 15) is 16.8 Å². The summed E-state index contributed by atoms with van der Waals surface area (Å²) in [5, 5.41) is 0. The molecular weight excluding hydrogens is 560 g/mol. The third-order valence-electron chi connectivity index (χ3n) is 4.91. The van der Waals surface area contributed by atoms with E-state index in [1.807, 2.05) is 97.1 Å². The second-order valence-electron chi connectivity index (χ2n) is 7.59. The van der Waals surface area contributed by atoms with Gasteiger partial charge in [-0.25, -0.2) is 19.9 Å². The van der Waals surface area contributed by atoms with Crippen molar-refractivity contribution in [2.45, 2.75) is 0 Å². The van der Waals surface area contributed by atoms with Crippen molar-refractivity contribution in [1.82, 2.24) is 19.9 Å². The van der Waals surface area contributed by atoms with Crippen LogP contribution in [0.15, 0.2) is 97.1 Å². The Morgan fingerprint density at radius 2 is 0.550 bits per heavy atom. The smallest absolute Gasteiger partial charge is 0.264 e. The zero-order valence-electron chi connectivity index (χ0n) is 21.2. The first kappa shape index (κ1) is 30.4. The molecule has 0 saturated heterocycles. The summed E-state index contributed by atoms with van der Waals surface area (Å²) in [5.41, 5.74) is 7.60. The number of aromatic nitrogens is 4. The molecule has 208 valence electrons. The molecule has 14 heteroatoms. The molecule has 0 bridgehead atoms. The highest BCUT2D eigenvalue weighted by molar-refractivity contribution is 7.81. The number of hydrogen-bond acceptors (Lipinski definition) is 10. The Bertz CT molecular complexity index is 1600. The van der Waals surface area contributed by atoms with Crippen LogP contribution in [0.4, 0.5) is 0 Å². The molecule has 2 heterocycles. The Kier molecular flexibility index (Phi) is 10.4. The van der Waals surface area contributed by atoms with Gasteiger partial charge in [0, 0.05) is 0 Å². The van der Waals surface area contributed by atoms with Gasteiger partial charge >= 0.3 is 20.8 Å². The van der Waals surface area contributed by atoms with E-state index in [1.54, 1.807) is 0 Å². The van der Waals surface area contributed by atoms with Gasteiger partial charge in [-0.3, -0.25) is 17.5 Å². The molecule has 0 spiro atoms. The molecule has 0 aliphatic heterocycles. The predicted octanol–water partition coefficient (Wildman–Crippen LogP) is 4.44. The van der Waals surface area contributed by atoms with Crippen LogP contribution in [0.5, 0.6) is 0 Å². The summed E-state index contributed by atoms with van der Waals surface area (Å²) in [6, 6.07) is 31.7. The summed E-state index contributed by atoms with van der Waals surface area (Å²) in [5.74, 6) is 0. The second-order valence-corrected chi connectivity index (χ2v) is 9.97. The number of para-hydroxylation sites is 8. The van der Waals surface area contributed by atoms with Crippen molar-refractivity contribution in [3.8, 4) is 0 Å². The monoisotopic (exact) mass is 584 g/mol. The molecule has 0 aliphatic carbocycles. The molecule has 0 amide bonds. The number of fused-ring (bicyclic) bond motifs is 4. The molecule has 0 unspecified atom stereocenters. The topological polar surface area (TPSA) is 179 Å². The van der Waals surface area contributed by atoms with Crippen molar-refractivity contribution in [2.24, 2.45) is 0 Å². The van der Waals surface area contributed by atoms with Crippen LogP contribution in [-0.2, 0) is 29.2 Å². The SMILES string of the molecule is COS(=O)(=O)O.COS(=O)(=O)O.c1ccc2nc3ccccc3nc2c1.c1ccc2nc3ccccc3nc2c1. The molecule has 40 heavy (non-hydrogen) atoms. The van der Waals surface area contributed by atoms with Gasteiger partial charge in [-0.2, -0.15) is 16.8 Å². The maximum absolute atomic E-state index is 9.33. The lowest BCUT2D eigenvalue weighted by Gasteiger charge is -1.98. The summed E-state index contributed by atoms with van der Waals surface area (Å²) in [6.45, 7) is 0. The minimum absolute atomic E-state index is 0.870. The molecule has 6 rings (SSSR count). The van der Waals surface area contributed by atoms with Crippen molar-refractivity contribution in [2.75, 3.05) is 14.2 Å². The maximum Gasteiger partial charge on any atom is 0.397 e. The summed E-state index contributed by atoms with van der Waals surface area (Å²) < 4.78 is 59.4. The lowest BCUT2D eigenvalue weighted by atomic mass is 10.2. The lowest BCUT2D eigenvalue weighted by Crippen LogP contribution is -1.96.